The molecule has 1 aromatic carbocycles. The number of methoxy groups -OCH3 is 1. The molecule has 0 aliphatic rings. The van der Waals surface area contributed by atoms with Gasteiger partial charge < -0.3 is 10.1 Å². The van der Waals surface area contributed by atoms with E-state index < -0.39 is 0 Å². The molecule has 1 N–H and O–H groups in total. The summed E-state index contributed by atoms with van der Waals surface area (Å²) < 4.78 is 6.42. The van der Waals surface area contributed by atoms with Crippen molar-refractivity contribution in [3.05, 3.63) is 26.6 Å². The molecular formula is C11H13Br2NO2. The van der Waals surface area contributed by atoms with Crippen molar-refractivity contribution < 1.29 is 9.53 Å². The molecule has 0 bridgehead atoms. The first-order valence-corrected chi connectivity index (χ1v) is 6.50. The molecule has 88 valence electrons. The third-order valence-corrected chi connectivity index (χ3v) is 3.10. The standard InChI is InChI=1S/C11H13Br2NO2/c1-3-4-14-10-8(11(15)16-2)5-7(12)6-9(10)13/h5-6,14H,3-4H2,1-2H3. The Balaban J connectivity index is 3.15. The van der Waals surface area contributed by atoms with E-state index in [9.17, 15) is 4.79 Å². The van der Waals surface area contributed by atoms with Crippen LogP contribution in [0.25, 0.3) is 0 Å². The van der Waals surface area contributed by atoms with E-state index in [1.54, 1.807) is 6.07 Å². The highest BCUT2D eigenvalue weighted by Crippen LogP contribution is 2.31. The highest BCUT2D eigenvalue weighted by Gasteiger charge is 2.15. The van der Waals surface area contributed by atoms with Crippen LogP contribution in [0.1, 0.15) is 23.7 Å². The number of hydrogen-bond acceptors (Lipinski definition) is 3. The second-order valence-corrected chi connectivity index (χ2v) is 5.00. The molecule has 0 aliphatic heterocycles. The van der Waals surface area contributed by atoms with Crippen molar-refractivity contribution in [3.63, 3.8) is 0 Å². The van der Waals surface area contributed by atoms with Gasteiger partial charge in [0.05, 0.1) is 18.4 Å². The third-order valence-electron chi connectivity index (χ3n) is 2.01. The Morgan fingerprint density at radius 3 is 2.69 bits per heavy atom. The van der Waals surface area contributed by atoms with E-state index in [1.807, 2.05) is 6.07 Å². The van der Waals surface area contributed by atoms with Gasteiger partial charge in [0.15, 0.2) is 0 Å². The number of benzene rings is 1. The van der Waals surface area contributed by atoms with Crippen molar-refractivity contribution in [1.29, 1.82) is 0 Å². The van der Waals surface area contributed by atoms with Crippen LogP contribution in [-0.4, -0.2) is 19.6 Å². The Labute approximate surface area is 112 Å². The molecule has 3 nitrogen and oxygen atoms in total. The van der Waals surface area contributed by atoms with Crippen molar-refractivity contribution >= 4 is 43.5 Å². The van der Waals surface area contributed by atoms with Crippen LogP contribution in [0, 0.1) is 0 Å². The van der Waals surface area contributed by atoms with Gasteiger partial charge in [-0.25, -0.2) is 4.79 Å². The minimum atomic E-state index is -0.347. The summed E-state index contributed by atoms with van der Waals surface area (Å²) in [5.74, 6) is -0.347. The summed E-state index contributed by atoms with van der Waals surface area (Å²) >= 11 is 6.77. The van der Waals surface area contributed by atoms with Crippen LogP contribution < -0.4 is 5.32 Å². The minimum Gasteiger partial charge on any atom is -0.465 e. The van der Waals surface area contributed by atoms with E-state index in [0.717, 1.165) is 27.6 Å². The molecule has 0 unspecified atom stereocenters. The van der Waals surface area contributed by atoms with Crippen molar-refractivity contribution in [2.75, 3.05) is 19.0 Å². The normalized spacial score (nSPS) is 10.0. The van der Waals surface area contributed by atoms with Gasteiger partial charge in [0.25, 0.3) is 0 Å². The van der Waals surface area contributed by atoms with Gasteiger partial charge in [-0.3, -0.25) is 0 Å². The summed E-state index contributed by atoms with van der Waals surface area (Å²) in [6.45, 7) is 2.88. The highest BCUT2D eigenvalue weighted by atomic mass is 79.9. The highest BCUT2D eigenvalue weighted by molar-refractivity contribution is 9.11. The maximum atomic E-state index is 11.6. The molecule has 0 saturated carbocycles. The monoisotopic (exact) mass is 349 g/mol. The topological polar surface area (TPSA) is 38.3 Å². The average Bonchev–Trinajstić information content (AvgIpc) is 2.26. The van der Waals surface area contributed by atoms with Crippen molar-refractivity contribution in [2.45, 2.75) is 13.3 Å². The van der Waals surface area contributed by atoms with Gasteiger partial charge in [0.1, 0.15) is 0 Å². The van der Waals surface area contributed by atoms with Gasteiger partial charge in [0, 0.05) is 15.5 Å². The molecule has 16 heavy (non-hydrogen) atoms. The second kappa shape index (κ2) is 6.25. The lowest BCUT2D eigenvalue weighted by atomic mass is 10.2. The second-order valence-electron chi connectivity index (χ2n) is 3.23. The molecule has 0 amide bonds. The fourth-order valence-electron chi connectivity index (χ4n) is 1.27. The van der Waals surface area contributed by atoms with Crippen LogP contribution in [0.3, 0.4) is 0 Å². The van der Waals surface area contributed by atoms with Crippen molar-refractivity contribution in [2.24, 2.45) is 0 Å². The third kappa shape index (κ3) is 3.22. The van der Waals surface area contributed by atoms with Crippen LogP contribution >= 0.6 is 31.9 Å². The molecule has 0 spiro atoms. The summed E-state index contributed by atoms with van der Waals surface area (Å²) in [6.07, 6.45) is 0.989. The number of carbonyl (C=O) groups excluding carboxylic acids is 1. The summed E-state index contributed by atoms with van der Waals surface area (Å²) in [5, 5.41) is 3.21. The summed E-state index contributed by atoms with van der Waals surface area (Å²) in [5.41, 5.74) is 1.30. The van der Waals surface area contributed by atoms with Crippen molar-refractivity contribution in [1.82, 2.24) is 0 Å². The van der Waals surface area contributed by atoms with Gasteiger partial charge in [-0.15, -0.1) is 0 Å². The first-order chi connectivity index (χ1) is 7.60. The SMILES string of the molecule is CCCNc1c(Br)cc(Br)cc1C(=O)OC. The van der Waals surface area contributed by atoms with E-state index in [-0.39, 0.29) is 5.97 Å². The first-order valence-electron chi connectivity index (χ1n) is 4.91. The number of anilines is 1. The number of esters is 1. The largest absolute Gasteiger partial charge is 0.465 e. The number of halogens is 2. The lowest BCUT2D eigenvalue weighted by molar-refractivity contribution is 0.0601. The predicted octanol–water partition coefficient (Wildman–Crippen LogP) is 3.82. The zero-order chi connectivity index (χ0) is 12.1. The Morgan fingerprint density at radius 2 is 2.12 bits per heavy atom. The quantitative estimate of drug-likeness (QED) is 0.839. The zero-order valence-corrected chi connectivity index (χ0v) is 12.3. The first kappa shape index (κ1) is 13.5. The lowest BCUT2D eigenvalue weighted by Crippen LogP contribution is -2.09. The van der Waals surface area contributed by atoms with Gasteiger partial charge in [-0.2, -0.15) is 0 Å². The molecule has 0 aliphatic carbocycles. The average molecular weight is 351 g/mol. The van der Waals surface area contributed by atoms with Gasteiger partial charge in [0.2, 0.25) is 0 Å². The maximum absolute atomic E-state index is 11.6. The minimum absolute atomic E-state index is 0.347. The van der Waals surface area contributed by atoms with Crippen LogP contribution in [0.15, 0.2) is 21.1 Å². The summed E-state index contributed by atoms with van der Waals surface area (Å²) in [7, 11) is 1.38. The summed E-state index contributed by atoms with van der Waals surface area (Å²) in [4.78, 5) is 11.6. The molecule has 0 aromatic heterocycles. The van der Waals surface area contributed by atoms with E-state index >= 15 is 0 Å². The molecule has 5 heteroatoms. The van der Waals surface area contributed by atoms with E-state index in [1.165, 1.54) is 7.11 Å². The van der Waals surface area contributed by atoms with Gasteiger partial charge in [-0.1, -0.05) is 22.9 Å². The van der Waals surface area contributed by atoms with Crippen LogP contribution in [0.5, 0.6) is 0 Å². The maximum Gasteiger partial charge on any atom is 0.340 e. The van der Waals surface area contributed by atoms with Crippen LogP contribution in [0.4, 0.5) is 5.69 Å². The fourth-order valence-corrected chi connectivity index (χ4v) is 2.64. The predicted molar refractivity (Wildman–Crippen MR) is 72.0 cm³/mol. The number of carbonyl (C=O) groups is 1. The number of nitrogens with one attached hydrogen (secondary N) is 1. The summed E-state index contributed by atoms with van der Waals surface area (Å²) in [6, 6.07) is 3.64. The smallest absolute Gasteiger partial charge is 0.340 e. The van der Waals surface area contributed by atoms with Gasteiger partial charge >= 0.3 is 5.97 Å². The van der Waals surface area contributed by atoms with Crippen LogP contribution in [-0.2, 0) is 4.74 Å². The molecule has 1 aromatic rings. The molecule has 0 radical (unpaired) electrons. The van der Waals surface area contributed by atoms with Gasteiger partial charge in [-0.05, 0) is 34.5 Å². The Morgan fingerprint density at radius 1 is 1.44 bits per heavy atom. The molecule has 0 atom stereocenters. The van der Waals surface area contributed by atoms with E-state index in [2.05, 4.69) is 44.1 Å². The fraction of sp³-hybridized carbons (Fsp3) is 0.364. The van der Waals surface area contributed by atoms with E-state index in [4.69, 9.17) is 4.74 Å². The molecule has 0 fully saturated rings. The molecule has 0 heterocycles. The zero-order valence-electron chi connectivity index (χ0n) is 9.14. The number of rotatable bonds is 4. The number of ether oxygens (including phenoxy) is 1. The lowest BCUT2D eigenvalue weighted by Gasteiger charge is -2.12. The Hall–Kier alpha value is -0.550. The molecule has 1 rings (SSSR count). The van der Waals surface area contributed by atoms with Crippen LogP contribution in [0.2, 0.25) is 0 Å². The van der Waals surface area contributed by atoms with Crippen molar-refractivity contribution in [3.8, 4) is 0 Å². The molecule has 0 saturated heterocycles. The molecular weight excluding hydrogens is 338 g/mol. The Kier molecular flexibility index (Phi) is 5.28. The number of hydrogen-bond donors (Lipinski definition) is 1. The van der Waals surface area contributed by atoms with E-state index in [0.29, 0.717) is 5.56 Å². The Bertz CT molecular complexity index is 394.